The lowest BCUT2D eigenvalue weighted by atomic mass is 10.2. The highest BCUT2D eigenvalue weighted by molar-refractivity contribution is 6.00. The van der Waals surface area contributed by atoms with Gasteiger partial charge in [-0.1, -0.05) is 0 Å². The van der Waals surface area contributed by atoms with Crippen LogP contribution in [-0.4, -0.2) is 31.5 Å². The molecule has 0 radical (unpaired) electrons. The van der Waals surface area contributed by atoms with Crippen molar-refractivity contribution in [2.75, 3.05) is 13.6 Å². The molecule has 0 aromatic carbocycles. The zero-order chi connectivity index (χ0) is 7.56. The van der Waals surface area contributed by atoms with Crippen LogP contribution in [-0.2, 0) is 4.79 Å². The van der Waals surface area contributed by atoms with E-state index < -0.39 is 0 Å². The molecule has 4 N–H and O–H groups in total. The van der Waals surface area contributed by atoms with E-state index in [0.717, 1.165) is 0 Å². The summed E-state index contributed by atoms with van der Waals surface area (Å²) in [6.07, 6.45) is 0. The van der Waals surface area contributed by atoms with Crippen molar-refractivity contribution < 1.29 is 4.79 Å². The molecule has 0 spiro atoms. The minimum atomic E-state index is -0.229. The zero-order valence-electron chi connectivity index (χ0n) is 5.72. The molecule has 0 aromatic heterocycles. The van der Waals surface area contributed by atoms with Crippen molar-refractivity contribution in [3.8, 4) is 0 Å². The molecule has 0 saturated heterocycles. The maximum Gasteiger partial charge on any atom is 0.245 e. The number of nitrogens with one attached hydrogen (secondary N) is 2. The number of likely N-dealkylation sites (N-methyl/N-ethyl adjacent to an activating group) is 1. The van der Waals surface area contributed by atoms with Gasteiger partial charge < -0.3 is 11.1 Å². The van der Waals surface area contributed by atoms with E-state index in [1.54, 1.807) is 7.05 Å². The molecule has 0 unspecified atom stereocenters. The smallest absolute Gasteiger partial charge is 0.245 e. The zero-order valence-corrected chi connectivity index (χ0v) is 5.72. The lowest BCUT2D eigenvalue weighted by Crippen LogP contribution is -2.53. The van der Waals surface area contributed by atoms with Gasteiger partial charge in [-0.3, -0.25) is 15.1 Å². The molecule has 1 heterocycles. The van der Waals surface area contributed by atoms with Crippen LogP contribution in [0.2, 0.25) is 0 Å². The van der Waals surface area contributed by atoms with Gasteiger partial charge in [0, 0.05) is 0 Å². The summed E-state index contributed by atoms with van der Waals surface area (Å²) in [6.45, 7) is 0.425. The Bertz CT molecular complexity index is 176. The maximum absolute atomic E-state index is 10.9. The summed E-state index contributed by atoms with van der Waals surface area (Å²) in [5.41, 5.74) is 5.23. The number of rotatable bonds is 1. The van der Waals surface area contributed by atoms with Crippen LogP contribution in [0.5, 0.6) is 0 Å². The van der Waals surface area contributed by atoms with E-state index in [4.69, 9.17) is 5.73 Å². The number of hydrogen-bond donors (Lipinski definition) is 3. The second-order valence-electron chi connectivity index (χ2n) is 2.06. The molecular formula is C5H10N4O. The summed E-state index contributed by atoms with van der Waals surface area (Å²) < 4.78 is 0. The van der Waals surface area contributed by atoms with Crippen molar-refractivity contribution in [1.82, 2.24) is 10.6 Å². The van der Waals surface area contributed by atoms with Gasteiger partial charge in [-0.2, -0.15) is 0 Å². The fourth-order valence-corrected chi connectivity index (χ4v) is 0.748. The number of hydrogen-bond acceptors (Lipinski definition) is 4. The maximum atomic E-state index is 10.9. The average molecular weight is 142 g/mol. The van der Waals surface area contributed by atoms with Gasteiger partial charge >= 0.3 is 0 Å². The second-order valence-corrected chi connectivity index (χ2v) is 2.06. The number of nitrogens with two attached hydrogens (primary N) is 1. The highest BCUT2D eigenvalue weighted by Crippen LogP contribution is 1.89. The molecule has 1 aliphatic rings. The van der Waals surface area contributed by atoms with Gasteiger partial charge in [0.2, 0.25) is 5.91 Å². The van der Waals surface area contributed by atoms with Crippen LogP contribution in [0.1, 0.15) is 0 Å². The predicted molar refractivity (Wildman–Crippen MR) is 37.5 cm³/mol. The third-order valence-electron chi connectivity index (χ3n) is 1.36. The number of nitrogens with zero attached hydrogens (tertiary/aromatic N) is 1. The molecule has 1 amide bonds. The highest BCUT2D eigenvalue weighted by atomic mass is 16.2. The van der Waals surface area contributed by atoms with Gasteiger partial charge in [-0.15, -0.1) is 0 Å². The third-order valence-corrected chi connectivity index (χ3v) is 1.36. The fourth-order valence-electron chi connectivity index (χ4n) is 0.748. The summed E-state index contributed by atoms with van der Waals surface area (Å²) in [6, 6.07) is -0.229. The van der Waals surface area contributed by atoms with E-state index in [1.807, 2.05) is 0 Å². The SMILES string of the molecule is CN[C@H]1CN=C(N)NC1=O. The Labute approximate surface area is 58.7 Å². The van der Waals surface area contributed by atoms with Gasteiger partial charge in [0.25, 0.3) is 0 Å². The van der Waals surface area contributed by atoms with Crippen LogP contribution in [0.15, 0.2) is 4.99 Å². The Morgan fingerprint density at radius 1 is 1.90 bits per heavy atom. The molecule has 56 valence electrons. The summed E-state index contributed by atoms with van der Waals surface area (Å²) in [5, 5.41) is 5.21. The van der Waals surface area contributed by atoms with Crippen LogP contribution in [0, 0.1) is 0 Å². The number of amides is 1. The van der Waals surface area contributed by atoms with E-state index in [9.17, 15) is 4.79 Å². The van der Waals surface area contributed by atoms with Gasteiger partial charge in [0.15, 0.2) is 5.96 Å². The van der Waals surface area contributed by atoms with Crippen LogP contribution >= 0.6 is 0 Å². The summed E-state index contributed by atoms with van der Waals surface area (Å²) in [7, 11) is 1.71. The van der Waals surface area contributed by atoms with Gasteiger partial charge in [0.1, 0.15) is 6.04 Å². The molecule has 0 bridgehead atoms. The van der Waals surface area contributed by atoms with Gasteiger partial charge in [-0.05, 0) is 7.05 Å². The summed E-state index contributed by atoms with van der Waals surface area (Å²) in [4.78, 5) is 14.7. The van der Waals surface area contributed by atoms with E-state index in [0.29, 0.717) is 6.54 Å². The first-order valence-electron chi connectivity index (χ1n) is 3.02. The first-order valence-corrected chi connectivity index (χ1v) is 3.02. The largest absolute Gasteiger partial charge is 0.370 e. The van der Waals surface area contributed by atoms with Gasteiger partial charge in [-0.25, -0.2) is 0 Å². The third kappa shape index (κ3) is 1.24. The first-order chi connectivity index (χ1) is 4.74. The number of aliphatic imine (C=N–C) groups is 1. The lowest BCUT2D eigenvalue weighted by molar-refractivity contribution is -0.121. The van der Waals surface area contributed by atoms with E-state index >= 15 is 0 Å². The predicted octanol–water partition coefficient (Wildman–Crippen LogP) is -1.98. The van der Waals surface area contributed by atoms with Crippen LogP contribution < -0.4 is 16.4 Å². The molecule has 5 heteroatoms. The van der Waals surface area contributed by atoms with Crippen LogP contribution in [0.4, 0.5) is 0 Å². The topological polar surface area (TPSA) is 79.5 Å². The van der Waals surface area contributed by atoms with Crippen molar-refractivity contribution in [3.05, 3.63) is 0 Å². The molecule has 0 saturated carbocycles. The molecule has 0 aromatic rings. The van der Waals surface area contributed by atoms with Crippen molar-refractivity contribution >= 4 is 11.9 Å². The molecule has 1 atom stereocenters. The van der Waals surface area contributed by atoms with Gasteiger partial charge in [0.05, 0.1) is 6.54 Å². The summed E-state index contributed by atoms with van der Waals surface area (Å²) >= 11 is 0. The number of carbonyl (C=O) groups excluding carboxylic acids is 1. The molecule has 10 heavy (non-hydrogen) atoms. The average Bonchev–Trinajstić information content (AvgIpc) is 1.88. The Morgan fingerprint density at radius 3 is 3.10 bits per heavy atom. The Balaban J connectivity index is 2.61. The van der Waals surface area contributed by atoms with E-state index in [-0.39, 0.29) is 17.9 Å². The van der Waals surface area contributed by atoms with E-state index in [1.165, 1.54) is 0 Å². The van der Waals surface area contributed by atoms with Crippen molar-refractivity contribution in [2.24, 2.45) is 10.7 Å². The molecule has 1 rings (SSSR count). The second kappa shape index (κ2) is 2.66. The minimum Gasteiger partial charge on any atom is -0.370 e. The van der Waals surface area contributed by atoms with E-state index in [2.05, 4.69) is 15.6 Å². The van der Waals surface area contributed by atoms with Crippen molar-refractivity contribution in [3.63, 3.8) is 0 Å². The molecule has 5 nitrogen and oxygen atoms in total. The normalized spacial score (nSPS) is 25.5. The van der Waals surface area contributed by atoms with Crippen LogP contribution in [0.3, 0.4) is 0 Å². The Morgan fingerprint density at radius 2 is 2.60 bits per heavy atom. The Kier molecular flexibility index (Phi) is 1.86. The minimum absolute atomic E-state index is 0.116. The van der Waals surface area contributed by atoms with Crippen molar-refractivity contribution in [2.45, 2.75) is 6.04 Å². The lowest BCUT2D eigenvalue weighted by Gasteiger charge is -2.17. The standard InChI is InChI=1S/C5H10N4O/c1-7-3-2-8-5(6)9-4(3)10/h3,7H,2H2,1H3,(H3,6,8,9,10)/t3-/m0/s1. The number of carbonyl (C=O) groups is 1. The monoisotopic (exact) mass is 142 g/mol. The molecular weight excluding hydrogens is 132 g/mol. The van der Waals surface area contributed by atoms with Crippen molar-refractivity contribution in [1.29, 1.82) is 0 Å². The quantitative estimate of drug-likeness (QED) is 0.397. The fraction of sp³-hybridized carbons (Fsp3) is 0.600. The van der Waals surface area contributed by atoms with Crippen LogP contribution in [0.25, 0.3) is 0 Å². The highest BCUT2D eigenvalue weighted by Gasteiger charge is 2.20. The molecule has 0 fully saturated rings. The number of guanidine groups is 1. The Hall–Kier alpha value is -1.10. The molecule has 0 aliphatic carbocycles. The summed E-state index contributed by atoms with van der Waals surface area (Å²) in [5.74, 6) is 0.0894. The first kappa shape index (κ1) is 7.01. The molecule has 1 aliphatic heterocycles.